The molecule has 0 aliphatic rings. The molecule has 0 saturated heterocycles. The Morgan fingerprint density at radius 1 is 1.04 bits per heavy atom. The highest BCUT2D eigenvalue weighted by atomic mass is 16.5. The maximum atomic E-state index is 11.1. The van der Waals surface area contributed by atoms with Crippen LogP contribution in [0.25, 0.3) is 6.08 Å². The third-order valence-corrected chi connectivity index (χ3v) is 4.19. The van der Waals surface area contributed by atoms with E-state index in [1.807, 2.05) is 12.1 Å². The minimum atomic E-state index is -0.336. The minimum absolute atomic E-state index is 0.112. The predicted octanol–water partition coefficient (Wildman–Crippen LogP) is 4.78. The van der Waals surface area contributed by atoms with Gasteiger partial charge in [-0.25, -0.2) is 4.79 Å². The van der Waals surface area contributed by atoms with Crippen molar-refractivity contribution in [1.29, 1.82) is 0 Å². The zero-order valence-electron chi connectivity index (χ0n) is 14.1. The monoisotopic (exact) mass is 308 g/mol. The average molecular weight is 308 g/mol. The second-order valence-electron chi connectivity index (χ2n) is 6.35. The number of hydrogen-bond acceptors (Lipinski definition) is 2. The van der Waals surface area contributed by atoms with E-state index in [2.05, 4.69) is 61.0 Å². The molecule has 0 unspecified atom stereocenters. The molecule has 2 aromatic carbocycles. The van der Waals surface area contributed by atoms with Gasteiger partial charge in [0.1, 0.15) is 0 Å². The molecule has 120 valence electrons. The van der Waals surface area contributed by atoms with E-state index in [0.717, 1.165) is 18.4 Å². The van der Waals surface area contributed by atoms with Crippen molar-refractivity contribution < 1.29 is 9.53 Å². The first kappa shape index (κ1) is 17.0. The van der Waals surface area contributed by atoms with Gasteiger partial charge in [-0.15, -0.1) is 0 Å². The van der Waals surface area contributed by atoms with Crippen LogP contribution in [0.1, 0.15) is 37.0 Å². The molecule has 2 rings (SSSR count). The molecule has 0 atom stereocenters. The van der Waals surface area contributed by atoms with Crippen molar-refractivity contribution >= 4 is 12.0 Å². The quantitative estimate of drug-likeness (QED) is 0.567. The Labute approximate surface area is 138 Å². The van der Waals surface area contributed by atoms with Gasteiger partial charge in [0.25, 0.3) is 0 Å². The molecule has 0 spiro atoms. The number of rotatable bonds is 6. The number of methoxy groups -OCH3 is 1. The number of ether oxygens (including phenoxy) is 1. The smallest absolute Gasteiger partial charge is 0.330 e. The summed E-state index contributed by atoms with van der Waals surface area (Å²) in [5, 5.41) is 0. The van der Waals surface area contributed by atoms with E-state index in [1.54, 1.807) is 6.08 Å². The average Bonchev–Trinajstić information content (AvgIpc) is 2.59. The van der Waals surface area contributed by atoms with Gasteiger partial charge in [-0.2, -0.15) is 0 Å². The first-order valence-electron chi connectivity index (χ1n) is 7.92. The van der Waals surface area contributed by atoms with Crippen molar-refractivity contribution in [3.05, 3.63) is 77.4 Å². The van der Waals surface area contributed by atoms with Crippen LogP contribution >= 0.6 is 0 Å². The number of carbonyl (C=O) groups excluding carboxylic acids is 1. The zero-order valence-corrected chi connectivity index (χ0v) is 14.1. The number of esters is 1. The summed E-state index contributed by atoms with van der Waals surface area (Å²) < 4.78 is 4.60. The van der Waals surface area contributed by atoms with Crippen LogP contribution in [0.3, 0.4) is 0 Å². The van der Waals surface area contributed by atoms with E-state index in [0.29, 0.717) is 0 Å². The van der Waals surface area contributed by atoms with Crippen LogP contribution in [-0.2, 0) is 21.4 Å². The molecule has 0 amide bonds. The number of benzene rings is 2. The maximum absolute atomic E-state index is 11.1. The first-order chi connectivity index (χ1) is 11.0. The lowest BCUT2D eigenvalue weighted by Gasteiger charge is -2.25. The summed E-state index contributed by atoms with van der Waals surface area (Å²) in [6.45, 7) is 4.55. The van der Waals surface area contributed by atoms with Crippen molar-refractivity contribution in [2.24, 2.45) is 0 Å². The molecule has 0 heterocycles. The van der Waals surface area contributed by atoms with Crippen LogP contribution in [0.2, 0.25) is 0 Å². The largest absolute Gasteiger partial charge is 0.466 e. The fourth-order valence-electron chi connectivity index (χ4n) is 2.52. The van der Waals surface area contributed by atoms with Gasteiger partial charge >= 0.3 is 5.97 Å². The van der Waals surface area contributed by atoms with Crippen molar-refractivity contribution in [3.8, 4) is 0 Å². The van der Waals surface area contributed by atoms with E-state index in [-0.39, 0.29) is 11.4 Å². The maximum Gasteiger partial charge on any atom is 0.330 e. The Kier molecular flexibility index (Phi) is 5.75. The van der Waals surface area contributed by atoms with Crippen LogP contribution in [-0.4, -0.2) is 13.1 Å². The Morgan fingerprint density at radius 3 is 2.30 bits per heavy atom. The fourth-order valence-corrected chi connectivity index (χ4v) is 2.52. The minimum Gasteiger partial charge on any atom is -0.466 e. The second kappa shape index (κ2) is 7.77. The summed E-state index contributed by atoms with van der Waals surface area (Å²) in [4.78, 5) is 11.1. The van der Waals surface area contributed by atoms with Crippen LogP contribution in [0.4, 0.5) is 0 Å². The molecular weight excluding hydrogens is 284 g/mol. The molecule has 0 bridgehead atoms. The van der Waals surface area contributed by atoms with Crippen molar-refractivity contribution in [2.75, 3.05) is 7.11 Å². The molecule has 0 aliphatic heterocycles. The van der Waals surface area contributed by atoms with Gasteiger partial charge in [0.05, 0.1) is 7.11 Å². The molecule has 2 heteroatoms. The summed E-state index contributed by atoms with van der Waals surface area (Å²) >= 11 is 0. The molecule has 23 heavy (non-hydrogen) atoms. The summed E-state index contributed by atoms with van der Waals surface area (Å²) in [7, 11) is 1.38. The van der Waals surface area contributed by atoms with Crippen molar-refractivity contribution in [3.63, 3.8) is 0 Å². The lowest BCUT2D eigenvalue weighted by Crippen LogP contribution is -2.18. The van der Waals surface area contributed by atoms with Gasteiger partial charge in [-0.3, -0.25) is 0 Å². The van der Waals surface area contributed by atoms with Gasteiger partial charge in [0.2, 0.25) is 0 Å². The van der Waals surface area contributed by atoms with E-state index >= 15 is 0 Å². The van der Waals surface area contributed by atoms with Gasteiger partial charge in [-0.1, -0.05) is 68.4 Å². The predicted molar refractivity (Wildman–Crippen MR) is 95.3 cm³/mol. The molecule has 2 nitrogen and oxygen atoms in total. The third kappa shape index (κ3) is 5.10. The summed E-state index contributed by atoms with van der Waals surface area (Å²) in [6, 6.07) is 18.9. The topological polar surface area (TPSA) is 26.3 Å². The highest BCUT2D eigenvalue weighted by Gasteiger charge is 2.20. The zero-order chi connectivity index (χ0) is 16.7. The normalized spacial score (nSPS) is 11.6. The second-order valence-corrected chi connectivity index (χ2v) is 6.35. The summed E-state index contributed by atoms with van der Waals surface area (Å²) in [6.07, 6.45) is 5.37. The Bertz CT molecular complexity index is 652. The van der Waals surface area contributed by atoms with Gasteiger partial charge < -0.3 is 4.74 Å². The van der Waals surface area contributed by atoms with E-state index in [1.165, 1.54) is 24.3 Å². The number of hydrogen-bond donors (Lipinski definition) is 0. The Balaban J connectivity index is 2.02. The number of aryl methyl sites for hydroxylation is 1. The van der Waals surface area contributed by atoms with E-state index < -0.39 is 0 Å². The van der Waals surface area contributed by atoms with Crippen LogP contribution in [0, 0.1) is 0 Å². The van der Waals surface area contributed by atoms with Crippen LogP contribution < -0.4 is 0 Å². The molecule has 0 aromatic heterocycles. The van der Waals surface area contributed by atoms with Crippen molar-refractivity contribution in [2.45, 2.75) is 32.1 Å². The summed E-state index contributed by atoms with van der Waals surface area (Å²) in [5.41, 5.74) is 3.79. The van der Waals surface area contributed by atoms with Gasteiger partial charge in [0, 0.05) is 6.08 Å². The highest BCUT2D eigenvalue weighted by molar-refractivity contribution is 5.86. The molecule has 0 saturated carbocycles. The number of carbonyl (C=O) groups is 1. The standard InChI is InChI=1S/C21H24O2/c1-21(2,16-15-17-7-5-4-6-8-17)19-12-9-18(10-13-19)11-14-20(22)23-3/h4-14H,15-16H2,1-3H3/b14-11+. The SMILES string of the molecule is COC(=O)/C=C/c1ccc(C(C)(C)CCc2ccccc2)cc1. The molecule has 0 radical (unpaired) electrons. The van der Waals surface area contributed by atoms with Crippen LogP contribution in [0.15, 0.2) is 60.7 Å². The van der Waals surface area contributed by atoms with Gasteiger partial charge in [0.15, 0.2) is 0 Å². The lowest BCUT2D eigenvalue weighted by atomic mass is 9.79. The molecular formula is C21H24O2. The molecule has 0 N–H and O–H groups in total. The Morgan fingerprint density at radius 2 is 1.70 bits per heavy atom. The molecule has 2 aromatic rings. The first-order valence-corrected chi connectivity index (χ1v) is 7.92. The van der Waals surface area contributed by atoms with E-state index in [4.69, 9.17) is 0 Å². The van der Waals surface area contributed by atoms with E-state index in [9.17, 15) is 4.79 Å². The summed E-state index contributed by atoms with van der Waals surface area (Å²) in [5.74, 6) is -0.336. The fraction of sp³-hybridized carbons (Fsp3) is 0.286. The third-order valence-electron chi connectivity index (χ3n) is 4.19. The lowest BCUT2D eigenvalue weighted by molar-refractivity contribution is -0.134. The highest BCUT2D eigenvalue weighted by Crippen LogP contribution is 2.29. The Hall–Kier alpha value is -2.35. The molecule has 0 aliphatic carbocycles. The van der Waals surface area contributed by atoms with Crippen LogP contribution in [0.5, 0.6) is 0 Å². The van der Waals surface area contributed by atoms with Gasteiger partial charge in [-0.05, 0) is 41.0 Å². The van der Waals surface area contributed by atoms with Crippen molar-refractivity contribution in [1.82, 2.24) is 0 Å². The molecule has 0 fully saturated rings.